The van der Waals surface area contributed by atoms with Crippen molar-refractivity contribution in [2.24, 2.45) is 0 Å². The van der Waals surface area contributed by atoms with Gasteiger partial charge in [0.25, 0.3) is 0 Å². The van der Waals surface area contributed by atoms with E-state index in [0.29, 0.717) is 26.2 Å². The molecule has 0 aromatic heterocycles. The van der Waals surface area contributed by atoms with Crippen molar-refractivity contribution < 1.29 is 19.8 Å². The maximum absolute atomic E-state index is 12.3. The Morgan fingerprint density at radius 1 is 1.14 bits per heavy atom. The van der Waals surface area contributed by atoms with Crippen LogP contribution in [0.1, 0.15) is 12.0 Å². The molecule has 0 radical (unpaired) electrons. The van der Waals surface area contributed by atoms with Crippen molar-refractivity contribution in [3.8, 4) is 5.75 Å². The summed E-state index contributed by atoms with van der Waals surface area (Å²) in [6.07, 6.45) is 1.03. The average Bonchev–Trinajstić information content (AvgIpc) is 2.63. The summed E-state index contributed by atoms with van der Waals surface area (Å²) in [5.41, 5.74) is 0.784. The van der Waals surface area contributed by atoms with E-state index >= 15 is 0 Å². The fourth-order valence-electron chi connectivity index (χ4n) is 2.52. The van der Waals surface area contributed by atoms with Crippen LogP contribution in [0.4, 0.5) is 0 Å². The average molecular weight is 292 g/mol. The van der Waals surface area contributed by atoms with E-state index in [9.17, 15) is 14.7 Å². The molecule has 114 valence electrons. The monoisotopic (exact) mass is 292 g/mol. The van der Waals surface area contributed by atoms with Gasteiger partial charge >= 0.3 is 5.97 Å². The van der Waals surface area contributed by atoms with Crippen molar-refractivity contribution in [1.29, 1.82) is 0 Å². The topological polar surface area (TPSA) is 81.1 Å². The summed E-state index contributed by atoms with van der Waals surface area (Å²) in [4.78, 5) is 26.6. The number of aromatic hydroxyl groups is 1. The van der Waals surface area contributed by atoms with E-state index in [0.717, 1.165) is 12.0 Å². The molecule has 1 aromatic rings. The number of amides is 1. The fourth-order valence-corrected chi connectivity index (χ4v) is 2.52. The number of hydrogen-bond donors (Lipinski definition) is 2. The van der Waals surface area contributed by atoms with Crippen molar-refractivity contribution in [2.75, 3.05) is 32.7 Å². The Balaban J connectivity index is 1.89. The number of nitrogens with zero attached hydrogens (tertiary/aromatic N) is 2. The summed E-state index contributed by atoms with van der Waals surface area (Å²) in [7, 11) is 0. The van der Waals surface area contributed by atoms with Crippen molar-refractivity contribution >= 4 is 11.9 Å². The Morgan fingerprint density at radius 2 is 1.95 bits per heavy atom. The first-order chi connectivity index (χ1) is 10.0. The van der Waals surface area contributed by atoms with Crippen LogP contribution in [0, 0.1) is 0 Å². The van der Waals surface area contributed by atoms with Crippen molar-refractivity contribution in [2.45, 2.75) is 12.8 Å². The van der Waals surface area contributed by atoms with Gasteiger partial charge in [-0.25, -0.2) is 0 Å². The Kier molecular flexibility index (Phi) is 5.16. The van der Waals surface area contributed by atoms with E-state index in [1.165, 1.54) is 0 Å². The van der Waals surface area contributed by atoms with E-state index in [1.54, 1.807) is 23.1 Å². The second-order valence-electron chi connectivity index (χ2n) is 5.25. The normalized spacial score (nSPS) is 16.5. The largest absolute Gasteiger partial charge is 0.508 e. The summed E-state index contributed by atoms with van der Waals surface area (Å²) < 4.78 is 0. The SMILES string of the molecule is O=C(O)CN1CCCN(C(=O)Cc2cccc(O)c2)CC1. The first kappa shape index (κ1) is 15.3. The van der Waals surface area contributed by atoms with E-state index in [-0.39, 0.29) is 24.6 Å². The van der Waals surface area contributed by atoms with Gasteiger partial charge in [0.15, 0.2) is 0 Å². The minimum absolute atomic E-state index is 0.0118. The molecule has 1 aromatic carbocycles. The Hall–Kier alpha value is -2.08. The van der Waals surface area contributed by atoms with Gasteiger partial charge in [0.2, 0.25) is 5.91 Å². The molecule has 1 aliphatic heterocycles. The number of carbonyl (C=O) groups is 2. The van der Waals surface area contributed by atoms with Crippen molar-refractivity contribution in [3.05, 3.63) is 29.8 Å². The lowest BCUT2D eigenvalue weighted by molar-refractivity contribution is -0.138. The predicted octanol–water partition coefficient (Wildman–Crippen LogP) is 0.554. The molecule has 1 heterocycles. The highest BCUT2D eigenvalue weighted by Crippen LogP contribution is 2.13. The summed E-state index contributed by atoms with van der Waals surface area (Å²) in [5, 5.41) is 18.2. The molecule has 0 saturated carbocycles. The Labute approximate surface area is 123 Å². The predicted molar refractivity (Wildman–Crippen MR) is 77.1 cm³/mol. The number of phenolic OH excluding ortho intramolecular Hbond substituents is 1. The quantitative estimate of drug-likeness (QED) is 0.847. The molecule has 1 amide bonds. The van der Waals surface area contributed by atoms with Crippen LogP contribution in [-0.2, 0) is 16.0 Å². The van der Waals surface area contributed by atoms with Crippen molar-refractivity contribution in [1.82, 2.24) is 9.80 Å². The summed E-state index contributed by atoms with van der Waals surface area (Å²) >= 11 is 0. The first-order valence-electron chi connectivity index (χ1n) is 7.04. The molecule has 6 nitrogen and oxygen atoms in total. The van der Waals surface area contributed by atoms with Crippen LogP contribution in [0.2, 0.25) is 0 Å². The van der Waals surface area contributed by atoms with Gasteiger partial charge in [0, 0.05) is 26.2 Å². The standard InChI is InChI=1S/C15H20N2O4/c18-13-4-1-3-12(9-13)10-14(19)17-6-2-5-16(7-8-17)11-15(20)21/h1,3-4,9,18H,2,5-8,10-11H2,(H,20,21). The molecule has 1 aliphatic rings. The zero-order chi connectivity index (χ0) is 15.2. The molecule has 0 bridgehead atoms. The number of carboxylic acids is 1. The zero-order valence-electron chi connectivity index (χ0n) is 11.9. The fraction of sp³-hybridized carbons (Fsp3) is 0.467. The van der Waals surface area contributed by atoms with Crippen molar-refractivity contribution in [3.63, 3.8) is 0 Å². The van der Waals surface area contributed by atoms with Gasteiger partial charge in [-0.05, 0) is 24.1 Å². The summed E-state index contributed by atoms with van der Waals surface area (Å²) in [6.45, 7) is 2.49. The number of carboxylic acid groups (broad SMARTS) is 1. The molecule has 21 heavy (non-hydrogen) atoms. The van der Waals surface area contributed by atoms with Gasteiger partial charge in [-0.1, -0.05) is 12.1 Å². The van der Waals surface area contributed by atoms with Crippen LogP contribution < -0.4 is 0 Å². The maximum atomic E-state index is 12.3. The van der Waals surface area contributed by atoms with E-state index in [1.807, 2.05) is 11.0 Å². The van der Waals surface area contributed by atoms with E-state index in [2.05, 4.69) is 0 Å². The summed E-state index contributed by atoms with van der Waals surface area (Å²) in [5.74, 6) is -0.670. The molecule has 0 aliphatic carbocycles. The van der Waals surface area contributed by atoms with Gasteiger partial charge < -0.3 is 15.1 Å². The lowest BCUT2D eigenvalue weighted by Crippen LogP contribution is -2.37. The lowest BCUT2D eigenvalue weighted by atomic mass is 10.1. The molecule has 2 rings (SSSR count). The smallest absolute Gasteiger partial charge is 0.317 e. The number of rotatable bonds is 4. The molecular weight excluding hydrogens is 272 g/mol. The number of benzene rings is 1. The maximum Gasteiger partial charge on any atom is 0.317 e. The minimum Gasteiger partial charge on any atom is -0.508 e. The van der Waals surface area contributed by atoms with Crippen LogP contribution in [0.3, 0.4) is 0 Å². The number of carbonyl (C=O) groups excluding carboxylic acids is 1. The van der Waals surface area contributed by atoms with Gasteiger partial charge in [-0.2, -0.15) is 0 Å². The van der Waals surface area contributed by atoms with Crippen LogP contribution in [0.25, 0.3) is 0 Å². The van der Waals surface area contributed by atoms with Crippen LogP contribution >= 0.6 is 0 Å². The van der Waals surface area contributed by atoms with E-state index < -0.39 is 5.97 Å². The second kappa shape index (κ2) is 7.08. The zero-order valence-corrected chi connectivity index (χ0v) is 11.9. The molecule has 0 atom stereocenters. The van der Waals surface area contributed by atoms with E-state index in [4.69, 9.17) is 5.11 Å². The third kappa shape index (κ3) is 4.75. The molecule has 0 spiro atoms. The van der Waals surface area contributed by atoms with Gasteiger partial charge in [0.05, 0.1) is 13.0 Å². The van der Waals surface area contributed by atoms with Gasteiger partial charge in [0.1, 0.15) is 5.75 Å². The highest BCUT2D eigenvalue weighted by atomic mass is 16.4. The highest BCUT2D eigenvalue weighted by Gasteiger charge is 2.20. The van der Waals surface area contributed by atoms with Crippen LogP contribution in [-0.4, -0.2) is 64.6 Å². The number of phenols is 1. The number of hydrogen-bond acceptors (Lipinski definition) is 4. The Bertz CT molecular complexity index is 518. The lowest BCUT2D eigenvalue weighted by Gasteiger charge is -2.21. The molecule has 0 unspecified atom stereocenters. The molecule has 1 saturated heterocycles. The summed E-state index contributed by atoms with van der Waals surface area (Å²) in [6, 6.07) is 6.69. The van der Waals surface area contributed by atoms with Gasteiger partial charge in [-0.3, -0.25) is 14.5 Å². The van der Waals surface area contributed by atoms with Crippen LogP contribution in [0.5, 0.6) is 5.75 Å². The first-order valence-corrected chi connectivity index (χ1v) is 7.04. The molecule has 6 heteroatoms. The third-order valence-electron chi connectivity index (χ3n) is 3.57. The molecular formula is C15H20N2O4. The highest BCUT2D eigenvalue weighted by molar-refractivity contribution is 5.79. The molecule has 2 N–H and O–H groups in total. The third-order valence-corrected chi connectivity index (χ3v) is 3.57. The molecule has 1 fully saturated rings. The second-order valence-corrected chi connectivity index (χ2v) is 5.25. The minimum atomic E-state index is -0.838. The Morgan fingerprint density at radius 3 is 2.67 bits per heavy atom. The van der Waals surface area contributed by atoms with Crippen LogP contribution in [0.15, 0.2) is 24.3 Å². The van der Waals surface area contributed by atoms with Gasteiger partial charge in [-0.15, -0.1) is 0 Å². The number of aliphatic carboxylic acids is 1.